The van der Waals surface area contributed by atoms with Gasteiger partial charge in [-0.15, -0.1) is 6.58 Å². The molecule has 2 fully saturated rings. The monoisotopic (exact) mass is 194 g/mol. The molecule has 1 heterocycles. The van der Waals surface area contributed by atoms with Crippen molar-refractivity contribution in [3.8, 4) is 0 Å². The van der Waals surface area contributed by atoms with Crippen LogP contribution < -0.4 is 5.32 Å². The summed E-state index contributed by atoms with van der Waals surface area (Å²) in [7, 11) is 0. The molecule has 1 N–H and O–H groups in total. The highest BCUT2D eigenvalue weighted by molar-refractivity contribution is 6.07. The molecule has 1 aliphatic heterocycles. The van der Waals surface area contributed by atoms with Gasteiger partial charge in [-0.3, -0.25) is 9.69 Å². The lowest BCUT2D eigenvalue weighted by Crippen LogP contribution is -2.44. The van der Waals surface area contributed by atoms with E-state index in [2.05, 4.69) is 11.9 Å². The zero-order valence-corrected chi connectivity index (χ0v) is 8.08. The molecule has 2 aliphatic rings. The van der Waals surface area contributed by atoms with Gasteiger partial charge in [-0.2, -0.15) is 0 Å². The van der Waals surface area contributed by atoms with Crippen molar-refractivity contribution in [2.24, 2.45) is 0 Å². The molecule has 0 bridgehead atoms. The summed E-state index contributed by atoms with van der Waals surface area (Å²) in [6, 6.07) is -0.267. The van der Waals surface area contributed by atoms with Crippen LogP contribution in [0.2, 0.25) is 0 Å². The van der Waals surface area contributed by atoms with E-state index < -0.39 is 5.54 Å². The molecular weight excluding hydrogens is 180 g/mol. The average molecular weight is 194 g/mol. The SMILES string of the molecule is C=CCN1C(=O)NC2(CCCC2)C1=O. The molecule has 2 rings (SSSR count). The minimum Gasteiger partial charge on any atom is -0.323 e. The van der Waals surface area contributed by atoms with E-state index in [0.717, 1.165) is 25.7 Å². The van der Waals surface area contributed by atoms with Crippen molar-refractivity contribution in [3.05, 3.63) is 12.7 Å². The molecule has 14 heavy (non-hydrogen) atoms. The number of imide groups is 1. The Labute approximate surface area is 83.0 Å². The Hall–Kier alpha value is -1.32. The standard InChI is InChI=1S/C10H14N2O2/c1-2-7-12-8(13)10(11-9(12)14)5-3-4-6-10/h2H,1,3-7H2,(H,11,14). The molecule has 4 nitrogen and oxygen atoms in total. The van der Waals surface area contributed by atoms with Crippen LogP contribution in [-0.2, 0) is 4.79 Å². The third-order valence-corrected chi connectivity index (χ3v) is 3.01. The number of carbonyl (C=O) groups excluding carboxylic acids is 2. The molecule has 0 aromatic rings. The molecular formula is C10H14N2O2. The van der Waals surface area contributed by atoms with Gasteiger partial charge in [0.15, 0.2) is 0 Å². The number of nitrogens with zero attached hydrogens (tertiary/aromatic N) is 1. The van der Waals surface area contributed by atoms with Crippen LogP contribution in [-0.4, -0.2) is 28.9 Å². The van der Waals surface area contributed by atoms with Crippen LogP contribution in [0, 0.1) is 0 Å². The Bertz CT molecular complexity index is 292. The van der Waals surface area contributed by atoms with Crippen molar-refractivity contribution in [3.63, 3.8) is 0 Å². The van der Waals surface area contributed by atoms with Crippen molar-refractivity contribution in [1.29, 1.82) is 0 Å². The lowest BCUT2D eigenvalue weighted by Gasteiger charge is -2.19. The van der Waals surface area contributed by atoms with Gasteiger partial charge in [0.25, 0.3) is 5.91 Å². The van der Waals surface area contributed by atoms with Gasteiger partial charge >= 0.3 is 6.03 Å². The van der Waals surface area contributed by atoms with Crippen molar-refractivity contribution >= 4 is 11.9 Å². The smallest absolute Gasteiger partial charge is 0.323 e. The maximum atomic E-state index is 11.9. The molecule has 1 spiro atoms. The molecule has 1 saturated carbocycles. The normalized spacial score (nSPS) is 24.4. The fraction of sp³-hybridized carbons (Fsp3) is 0.600. The fourth-order valence-corrected chi connectivity index (χ4v) is 2.29. The summed E-state index contributed by atoms with van der Waals surface area (Å²) < 4.78 is 0. The Balaban J connectivity index is 2.21. The molecule has 0 radical (unpaired) electrons. The first kappa shape index (κ1) is 9.24. The van der Waals surface area contributed by atoms with E-state index in [-0.39, 0.29) is 11.9 Å². The first-order chi connectivity index (χ1) is 6.69. The van der Waals surface area contributed by atoms with Crippen LogP contribution in [0.4, 0.5) is 4.79 Å². The summed E-state index contributed by atoms with van der Waals surface area (Å²) in [5, 5.41) is 2.80. The Kier molecular flexibility index (Phi) is 2.06. The quantitative estimate of drug-likeness (QED) is 0.527. The Morgan fingerprint density at radius 3 is 2.64 bits per heavy atom. The van der Waals surface area contributed by atoms with Crippen LogP contribution in [0.3, 0.4) is 0 Å². The third-order valence-electron chi connectivity index (χ3n) is 3.01. The van der Waals surface area contributed by atoms with Crippen molar-refractivity contribution in [2.75, 3.05) is 6.54 Å². The van der Waals surface area contributed by atoms with Gasteiger partial charge in [0.2, 0.25) is 0 Å². The molecule has 4 heteroatoms. The molecule has 0 unspecified atom stereocenters. The number of urea groups is 1. The van der Waals surface area contributed by atoms with Gasteiger partial charge in [-0.1, -0.05) is 18.9 Å². The number of amides is 3. The van der Waals surface area contributed by atoms with Crippen LogP contribution in [0.25, 0.3) is 0 Å². The number of hydrogen-bond acceptors (Lipinski definition) is 2. The topological polar surface area (TPSA) is 49.4 Å². The van der Waals surface area contributed by atoms with Crippen LogP contribution >= 0.6 is 0 Å². The second-order valence-electron chi connectivity index (χ2n) is 3.92. The van der Waals surface area contributed by atoms with Gasteiger partial charge in [-0.25, -0.2) is 4.79 Å². The van der Waals surface area contributed by atoms with Crippen molar-refractivity contribution in [1.82, 2.24) is 10.2 Å². The van der Waals surface area contributed by atoms with Gasteiger partial charge in [0, 0.05) is 6.54 Å². The van der Waals surface area contributed by atoms with E-state index in [0.29, 0.717) is 6.54 Å². The minimum absolute atomic E-state index is 0.0695. The second-order valence-corrected chi connectivity index (χ2v) is 3.92. The largest absolute Gasteiger partial charge is 0.325 e. The molecule has 1 aliphatic carbocycles. The highest BCUT2D eigenvalue weighted by Crippen LogP contribution is 2.34. The highest BCUT2D eigenvalue weighted by atomic mass is 16.2. The molecule has 0 atom stereocenters. The summed E-state index contributed by atoms with van der Waals surface area (Å²) in [6.45, 7) is 3.85. The lowest BCUT2D eigenvalue weighted by atomic mass is 9.98. The number of rotatable bonds is 2. The van der Waals surface area contributed by atoms with E-state index in [1.54, 1.807) is 6.08 Å². The van der Waals surface area contributed by atoms with Crippen LogP contribution in [0.1, 0.15) is 25.7 Å². The molecule has 1 saturated heterocycles. The van der Waals surface area contributed by atoms with Crippen LogP contribution in [0.15, 0.2) is 12.7 Å². The van der Waals surface area contributed by atoms with E-state index in [1.807, 2.05) is 0 Å². The molecule has 0 aromatic heterocycles. The summed E-state index contributed by atoms with van der Waals surface area (Å²) in [5.41, 5.74) is -0.569. The Morgan fingerprint density at radius 2 is 2.07 bits per heavy atom. The predicted octanol–water partition coefficient (Wildman–Crippen LogP) is 1.04. The maximum absolute atomic E-state index is 11.9. The first-order valence-corrected chi connectivity index (χ1v) is 4.95. The highest BCUT2D eigenvalue weighted by Gasteiger charge is 2.51. The van der Waals surface area contributed by atoms with E-state index >= 15 is 0 Å². The molecule has 76 valence electrons. The first-order valence-electron chi connectivity index (χ1n) is 4.95. The van der Waals surface area contributed by atoms with E-state index in [9.17, 15) is 9.59 Å². The zero-order valence-electron chi connectivity index (χ0n) is 8.08. The van der Waals surface area contributed by atoms with Gasteiger partial charge < -0.3 is 5.32 Å². The number of nitrogens with one attached hydrogen (secondary N) is 1. The van der Waals surface area contributed by atoms with Gasteiger partial charge in [0.1, 0.15) is 5.54 Å². The summed E-state index contributed by atoms with van der Waals surface area (Å²) in [4.78, 5) is 24.7. The van der Waals surface area contributed by atoms with Gasteiger partial charge in [-0.05, 0) is 12.8 Å². The molecule has 0 aromatic carbocycles. The minimum atomic E-state index is -0.569. The van der Waals surface area contributed by atoms with E-state index in [4.69, 9.17) is 0 Å². The van der Waals surface area contributed by atoms with Crippen LogP contribution in [0.5, 0.6) is 0 Å². The van der Waals surface area contributed by atoms with Crippen molar-refractivity contribution < 1.29 is 9.59 Å². The number of hydrogen-bond donors (Lipinski definition) is 1. The zero-order chi connectivity index (χ0) is 10.2. The maximum Gasteiger partial charge on any atom is 0.325 e. The second kappa shape index (κ2) is 3.12. The average Bonchev–Trinajstić information content (AvgIpc) is 2.69. The predicted molar refractivity (Wildman–Crippen MR) is 51.6 cm³/mol. The fourth-order valence-electron chi connectivity index (χ4n) is 2.29. The molecule has 3 amide bonds. The van der Waals surface area contributed by atoms with Crippen molar-refractivity contribution in [2.45, 2.75) is 31.2 Å². The summed E-state index contributed by atoms with van der Waals surface area (Å²) in [5.74, 6) is -0.0695. The van der Waals surface area contributed by atoms with Gasteiger partial charge in [0.05, 0.1) is 0 Å². The Morgan fingerprint density at radius 1 is 1.43 bits per heavy atom. The number of carbonyl (C=O) groups is 2. The summed E-state index contributed by atoms with van der Waals surface area (Å²) in [6.07, 6.45) is 5.18. The lowest BCUT2D eigenvalue weighted by molar-refractivity contribution is -0.130. The van der Waals surface area contributed by atoms with E-state index in [1.165, 1.54) is 4.90 Å². The summed E-state index contributed by atoms with van der Waals surface area (Å²) >= 11 is 0. The third kappa shape index (κ3) is 1.14.